The van der Waals surface area contributed by atoms with Gasteiger partial charge in [0.15, 0.2) is 0 Å². The van der Waals surface area contributed by atoms with Crippen molar-refractivity contribution in [1.82, 2.24) is 10.3 Å². The quantitative estimate of drug-likeness (QED) is 0.811. The first-order chi connectivity index (χ1) is 10.6. The molecule has 1 saturated carbocycles. The minimum absolute atomic E-state index is 0.0696. The Morgan fingerprint density at radius 3 is 2.55 bits per heavy atom. The molecule has 0 spiro atoms. The molecule has 1 aromatic rings. The van der Waals surface area contributed by atoms with Crippen molar-refractivity contribution in [1.29, 1.82) is 0 Å². The van der Waals surface area contributed by atoms with Gasteiger partial charge in [-0.05, 0) is 30.9 Å². The van der Waals surface area contributed by atoms with Crippen molar-refractivity contribution in [2.45, 2.75) is 57.4 Å². The fraction of sp³-hybridized carbons (Fsp3) is 0.588. The van der Waals surface area contributed by atoms with Crippen LogP contribution in [0.4, 0.5) is 0 Å². The fourth-order valence-corrected chi connectivity index (χ4v) is 3.14. The van der Waals surface area contributed by atoms with Crippen molar-refractivity contribution in [2.24, 2.45) is 5.92 Å². The van der Waals surface area contributed by atoms with E-state index in [1.54, 1.807) is 24.5 Å². The molecule has 0 radical (unpaired) electrons. The molecule has 1 aliphatic rings. The molecule has 1 heterocycles. The minimum atomic E-state index is -0.813. The third kappa shape index (κ3) is 5.47. The monoisotopic (exact) mass is 304 g/mol. The second-order valence-corrected chi connectivity index (χ2v) is 6.08. The number of carboxylic acids is 1. The second-order valence-electron chi connectivity index (χ2n) is 6.08. The van der Waals surface area contributed by atoms with Crippen molar-refractivity contribution >= 4 is 11.9 Å². The molecule has 2 rings (SSSR count). The average Bonchev–Trinajstić information content (AvgIpc) is 2.54. The Balaban J connectivity index is 1.93. The number of nitrogens with one attached hydrogen (secondary N) is 1. The molecule has 1 aromatic heterocycles. The third-order valence-corrected chi connectivity index (χ3v) is 4.33. The topological polar surface area (TPSA) is 79.3 Å². The van der Waals surface area contributed by atoms with Gasteiger partial charge in [0.1, 0.15) is 0 Å². The first kappa shape index (κ1) is 16.5. The summed E-state index contributed by atoms with van der Waals surface area (Å²) >= 11 is 0. The van der Waals surface area contributed by atoms with Crippen LogP contribution in [-0.4, -0.2) is 28.0 Å². The molecule has 1 unspecified atom stereocenters. The minimum Gasteiger partial charge on any atom is -0.481 e. The highest BCUT2D eigenvalue weighted by Crippen LogP contribution is 2.28. The highest BCUT2D eigenvalue weighted by Gasteiger charge is 2.21. The summed E-state index contributed by atoms with van der Waals surface area (Å²) in [4.78, 5) is 27.0. The maximum atomic E-state index is 12.3. The Morgan fingerprint density at radius 2 is 1.91 bits per heavy atom. The van der Waals surface area contributed by atoms with Crippen molar-refractivity contribution in [3.63, 3.8) is 0 Å². The Labute approximate surface area is 131 Å². The molecule has 1 atom stereocenters. The molecule has 1 amide bonds. The van der Waals surface area contributed by atoms with E-state index in [0.717, 1.165) is 6.42 Å². The number of pyridine rings is 1. The number of rotatable bonds is 7. The molecule has 2 N–H and O–H groups in total. The fourth-order valence-electron chi connectivity index (χ4n) is 3.14. The SMILES string of the molecule is O=C(O)CCC(CC1CCCCC1)NC(=O)c1ccncc1. The maximum absolute atomic E-state index is 12.3. The lowest BCUT2D eigenvalue weighted by Gasteiger charge is -2.27. The lowest BCUT2D eigenvalue weighted by atomic mass is 9.84. The van der Waals surface area contributed by atoms with Gasteiger partial charge >= 0.3 is 5.97 Å². The predicted molar refractivity (Wildman–Crippen MR) is 83.6 cm³/mol. The number of carboxylic acid groups (broad SMARTS) is 1. The van der Waals surface area contributed by atoms with Crippen LogP contribution in [-0.2, 0) is 4.79 Å². The van der Waals surface area contributed by atoms with Crippen LogP contribution in [0.5, 0.6) is 0 Å². The van der Waals surface area contributed by atoms with E-state index in [1.165, 1.54) is 32.1 Å². The van der Waals surface area contributed by atoms with Gasteiger partial charge in [0.2, 0.25) is 0 Å². The normalized spacial score (nSPS) is 16.9. The Kier molecular flexibility index (Phi) is 6.37. The summed E-state index contributed by atoms with van der Waals surface area (Å²) < 4.78 is 0. The Morgan fingerprint density at radius 1 is 1.23 bits per heavy atom. The number of aliphatic carboxylic acids is 1. The Bertz CT molecular complexity index is 484. The van der Waals surface area contributed by atoms with Gasteiger partial charge in [0, 0.05) is 30.4 Å². The maximum Gasteiger partial charge on any atom is 0.303 e. The molecular formula is C17H24N2O3. The molecule has 0 aliphatic heterocycles. The predicted octanol–water partition coefficient (Wildman–Crippen LogP) is 3.02. The highest BCUT2D eigenvalue weighted by molar-refractivity contribution is 5.94. The smallest absolute Gasteiger partial charge is 0.303 e. The summed E-state index contributed by atoms with van der Waals surface area (Å²) in [7, 11) is 0. The number of amides is 1. The van der Waals surface area contributed by atoms with Crippen LogP contribution in [0.1, 0.15) is 61.7 Å². The summed E-state index contributed by atoms with van der Waals surface area (Å²) in [5.41, 5.74) is 0.568. The molecule has 1 aliphatic carbocycles. The average molecular weight is 304 g/mol. The van der Waals surface area contributed by atoms with E-state index < -0.39 is 5.97 Å². The number of hydrogen-bond acceptors (Lipinski definition) is 3. The van der Waals surface area contributed by atoms with Crippen LogP contribution in [0.15, 0.2) is 24.5 Å². The van der Waals surface area contributed by atoms with Crippen molar-refractivity contribution in [3.8, 4) is 0 Å². The second kappa shape index (κ2) is 8.51. The molecular weight excluding hydrogens is 280 g/mol. The largest absolute Gasteiger partial charge is 0.481 e. The number of nitrogens with zero attached hydrogens (tertiary/aromatic N) is 1. The summed E-state index contributed by atoms with van der Waals surface area (Å²) in [6, 6.07) is 3.27. The number of carbonyl (C=O) groups is 2. The first-order valence-corrected chi connectivity index (χ1v) is 8.08. The van der Waals surface area contributed by atoms with E-state index in [4.69, 9.17) is 5.11 Å². The number of hydrogen-bond donors (Lipinski definition) is 2. The van der Waals surface area contributed by atoms with Crippen molar-refractivity contribution < 1.29 is 14.7 Å². The zero-order valence-corrected chi connectivity index (χ0v) is 12.8. The number of carbonyl (C=O) groups excluding carboxylic acids is 1. The highest BCUT2D eigenvalue weighted by atomic mass is 16.4. The molecule has 120 valence electrons. The van der Waals surface area contributed by atoms with Crippen LogP contribution in [0, 0.1) is 5.92 Å². The van der Waals surface area contributed by atoms with Crippen LogP contribution in [0.3, 0.4) is 0 Å². The van der Waals surface area contributed by atoms with Gasteiger partial charge in [-0.15, -0.1) is 0 Å². The van der Waals surface area contributed by atoms with E-state index in [2.05, 4.69) is 10.3 Å². The summed E-state index contributed by atoms with van der Waals surface area (Å²) in [6.07, 6.45) is 10.8. The lowest BCUT2D eigenvalue weighted by molar-refractivity contribution is -0.137. The standard InChI is InChI=1S/C17H24N2O3/c20-16(21)7-6-15(12-13-4-2-1-3-5-13)19-17(22)14-8-10-18-11-9-14/h8-11,13,15H,1-7,12H2,(H,19,22)(H,20,21). The van der Waals surface area contributed by atoms with E-state index in [-0.39, 0.29) is 18.4 Å². The van der Waals surface area contributed by atoms with Crippen molar-refractivity contribution in [2.75, 3.05) is 0 Å². The zero-order valence-electron chi connectivity index (χ0n) is 12.8. The molecule has 0 bridgehead atoms. The summed E-state index contributed by atoms with van der Waals surface area (Å²) in [5, 5.41) is 11.9. The summed E-state index contributed by atoms with van der Waals surface area (Å²) in [6.45, 7) is 0. The molecule has 0 saturated heterocycles. The lowest BCUT2D eigenvalue weighted by Crippen LogP contribution is -2.37. The van der Waals surface area contributed by atoms with Gasteiger partial charge in [-0.3, -0.25) is 14.6 Å². The number of aromatic nitrogens is 1. The van der Waals surface area contributed by atoms with E-state index >= 15 is 0 Å². The molecule has 5 heteroatoms. The molecule has 0 aromatic carbocycles. The molecule has 5 nitrogen and oxygen atoms in total. The van der Waals surface area contributed by atoms with Gasteiger partial charge in [-0.1, -0.05) is 32.1 Å². The third-order valence-electron chi connectivity index (χ3n) is 4.33. The van der Waals surface area contributed by atoms with Crippen molar-refractivity contribution in [3.05, 3.63) is 30.1 Å². The first-order valence-electron chi connectivity index (χ1n) is 8.08. The van der Waals surface area contributed by atoms with Crippen LogP contribution < -0.4 is 5.32 Å². The summed E-state index contributed by atoms with van der Waals surface area (Å²) in [5.74, 6) is -0.356. The van der Waals surface area contributed by atoms with Crippen LogP contribution >= 0.6 is 0 Å². The van der Waals surface area contributed by atoms with Crippen LogP contribution in [0.25, 0.3) is 0 Å². The van der Waals surface area contributed by atoms with Gasteiger partial charge < -0.3 is 10.4 Å². The van der Waals surface area contributed by atoms with Gasteiger partial charge in [-0.25, -0.2) is 0 Å². The molecule has 1 fully saturated rings. The van der Waals surface area contributed by atoms with E-state index in [1.807, 2.05) is 0 Å². The van der Waals surface area contributed by atoms with Gasteiger partial charge in [0.25, 0.3) is 5.91 Å². The molecule has 22 heavy (non-hydrogen) atoms. The van der Waals surface area contributed by atoms with Crippen LogP contribution in [0.2, 0.25) is 0 Å². The van der Waals surface area contributed by atoms with E-state index in [9.17, 15) is 9.59 Å². The van der Waals surface area contributed by atoms with Gasteiger partial charge in [-0.2, -0.15) is 0 Å². The zero-order chi connectivity index (χ0) is 15.8. The van der Waals surface area contributed by atoms with E-state index in [0.29, 0.717) is 17.9 Å². The Hall–Kier alpha value is -1.91. The van der Waals surface area contributed by atoms with Gasteiger partial charge in [0.05, 0.1) is 0 Å².